The lowest BCUT2D eigenvalue weighted by Gasteiger charge is -2.49. The highest BCUT2D eigenvalue weighted by Crippen LogP contribution is 2.40. The van der Waals surface area contributed by atoms with Crippen LogP contribution >= 0.6 is 34.7 Å². The lowest BCUT2D eigenvalue weighted by molar-refractivity contribution is -0.161. The summed E-state index contributed by atoms with van der Waals surface area (Å²) in [4.78, 5) is 81.2. The van der Waals surface area contributed by atoms with Gasteiger partial charge in [0.05, 0.1) is 11.0 Å². The van der Waals surface area contributed by atoms with Crippen molar-refractivity contribution < 1.29 is 49.2 Å². The Hall–Kier alpha value is -5.21. The maximum atomic E-state index is 13.2. The zero-order valence-electron chi connectivity index (χ0n) is 24.0. The highest BCUT2D eigenvalue weighted by molar-refractivity contribution is 8.00. The molecular formula is C26H23ClN8O10S2. The second-order valence-electron chi connectivity index (χ2n) is 10.4. The topological polar surface area (TPSA) is 280 Å². The van der Waals surface area contributed by atoms with Gasteiger partial charge in [0, 0.05) is 29.8 Å². The van der Waals surface area contributed by atoms with E-state index in [2.05, 4.69) is 30.7 Å². The Morgan fingerprint density at radius 3 is 2.40 bits per heavy atom. The summed E-state index contributed by atoms with van der Waals surface area (Å²) in [6.45, 7) is 2.09. The number of β-lactam (4-membered cyclic amide) rings is 1. The number of aromatic hydroxyl groups is 2. The number of thiazole rings is 1. The molecule has 4 heterocycles. The van der Waals surface area contributed by atoms with Crippen LogP contribution in [0.4, 0.5) is 5.13 Å². The molecule has 3 amide bonds. The molecule has 8 N–H and O–H groups in total. The smallest absolute Gasteiger partial charge is 0.352 e. The monoisotopic (exact) mass is 706 g/mol. The van der Waals surface area contributed by atoms with Crippen molar-refractivity contribution in [1.29, 1.82) is 0 Å². The molecular weight excluding hydrogens is 684 g/mol. The van der Waals surface area contributed by atoms with Crippen LogP contribution in [0.1, 0.15) is 30.0 Å². The molecule has 1 aromatic carbocycles. The minimum absolute atomic E-state index is 0.0342. The summed E-state index contributed by atoms with van der Waals surface area (Å²) in [7, 11) is 0. The Morgan fingerprint density at radius 2 is 1.81 bits per heavy atom. The van der Waals surface area contributed by atoms with Gasteiger partial charge in [0.1, 0.15) is 22.8 Å². The third-order valence-corrected chi connectivity index (χ3v) is 9.07. The van der Waals surface area contributed by atoms with Crippen molar-refractivity contribution in [2.75, 3.05) is 18.0 Å². The zero-order chi connectivity index (χ0) is 34.4. The number of nitrogen functional groups attached to an aromatic ring is 1. The number of carboxylic acids is 2. The molecule has 2 atom stereocenters. The van der Waals surface area contributed by atoms with E-state index in [4.69, 9.17) is 22.2 Å². The molecule has 2 aromatic heterocycles. The molecule has 21 heteroatoms. The maximum Gasteiger partial charge on any atom is 0.352 e. The van der Waals surface area contributed by atoms with Crippen molar-refractivity contribution in [3.63, 3.8) is 0 Å². The number of thioether (sulfide) groups is 1. The van der Waals surface area contributed by atoms with Gasteiger partial charge in [-0.05, 0) is 19.4 Å². The summed E-state index contributed by atoms with van der Waals surface area (Å²) in [6, 6.07) is 0.999. The normalized spacial score (nSPS) is 18.0. The van der Waals surface area contributed by atoms with Crippen LogP contribution < -0.4 is 16.4 Å². The van der Waals surface area contributed by atoms with Crippen LogP contribution in [-0.2, 0) is 24.0 Å². The second kappa shape index (κ2) is 12.5. The number of carboxylic acid groups (broad SMARTS) is 2. The molecule has 246 valence electrons. The fourth-order valence-electron chi connectivity index (χ4n) is 4.30. The van der Waals surface area contributed by atoms with E-state index in [0.717, 1.165) is 40.1 Å². The van der Waals surface area contributed by atoms with Gasteiger partial charge in [0.15, 0.2) is 33.2 Å². The molecule has 3 aromatic rings. The van der Waals surface area contributed by atoms with Gasteiger partial charge >= 0.3 is 11.9 Å². The molecule has 1 fully saturated rings. The average Bonchev–Trinajstić information content (AvgIpc) is 3.43. The van der Waals surface area contributed by atoms with Crippen molar-refractivity contribution in [1.82, 2.24) is 30.5 Å². The van der Waals surface area contributed by atoms with Crippen LogP contribution in [0.2, 0.25) is 5.15 Å². The van der Waals surface area contributed by atoms with E-state index in [-0.39, 0.29) is 50.6 Å². The number of rotatable bonds is 10. The highest BCUT2D eigenvalue weighted by atomic mass is 35.5. The van der Waals surface area contributed by atoms with Crippen molar-refractivity contribution >= 4 is 86.2 Å². The van der Waals surface area contributed by atoms with E-state index in [0.29, 0.717) is 0 Å². The lowest BCUT2D eigenvalue weighted by atomic mass is 10.0. The number of hydrogen-bond donors (Lipinski definition) is 7. The molecule has 47 heavy (non-hydrogen) atoms. The predicted octanol–water partition coefficient (Wildman–Crippen LogP) is 0.486. The van der Waals surface area contributed by atoms with E-state index in [1.165, 1.54) is 19.2 Å². The predicted molar refractivity (Wildman–Crippen MR) is 166 cm³/mol. The number of fused-ring (bicyclic) bond motifs is 2. The number of halogens is 1. The summed E-state index contributed by atoms with van der Waals surface area (Å²) in [5.41, 5.74) is 2.96. The standard InChI is InChI=1S/C26H23ClN8O10S2/c1-26(2,24(43)44)45-34-14(11-7-47-25(28)32-11)20(39)33-16-21(40)35-17(23(41)42)8(6-46-22(16)35)5-29-19(38)15-18(27)31-10-4-13(37)12(36)3-9(10)30-15/h3-4,7,16,22,36-37H,5-6H2,1-2H3,(H2,28,32)(H,29,38)(H,33,39)(H,41,42)(H,43,44)/b34-14-/t16?,22-/m0/s1. The van der Waals surface area contributed by atoms with Crippen LogP contribution in [0.3, 0.4) is 0 Å². The molecule has 0 bridgehead atoms. The van der Waals surface area contributed by atoms with E-state index >= 15 is 0 Å². The number of amides is 3. The number of phenolic OH excluding ortho intramolecular Hbond substituents is 2. The van der Waals surface area contributed by atoms with Crippen LogP contribution in [0.5, 0.6) is 11.5 Å². The number of aliphatic carboxylic acids is 2. The zero-order valence-corrected chi connectivity index (χ0v) is 26.4. The van der Waals surface area contributed by atoms with Gasteiger partial charge in [-0.25, -0.2) is 24.5 Å². The Kier molecular flexibility index (Phi) is 8.84. The van der Waals surface area contributed by atoms with E-state index in [1.54, 1.807) is 0 Å². The van der Waals surface area contributed by atoms with E-state index < -0.39 is 69.6 Å². The van der Waals surface area contributed by atoms with Crippen LogP contribution in [0.25, 0.3) is 11.0 Å². The van der Waals surface area contributed by atoms with Crippen molar-refractivity contribution in [2.45, 2.75) is 30.9 Å². The highest BCUT2D eigenvalue weighted by Gasteiger charge is 2.54. The Morgan fingerprint density at radius 1 is 1.15 bits per heavy atom. The van der Waals surface area contributed by atoms with Crippen molar-refractivity contribution in [3.8, 4) is 11.5 Å². The number of benzene rings is 1. The van der Waals surface area contributed by atoms with Gasteiger partial charge in [-0.15, -0.1) is 23.1 Å². The number of aromatic nitrogens is 3. The van der Waals surface area contributed by atoms with Crippen molar-refractivity contribution in [3.05, 3.63) is 45.3 Å². The SMILES string of the molecule is CC(C)(O/N=C(\C(=O)NC1C(=O)N2C(C(=O)O)=C(CNC(=O)c3nc4cc(O)c(O)cc4nc3Cl)CS[C@@H]12)c1csc(N)n1)C(=O)O. The Balaban J connectivity index is 1.32. The second-order valence-corrected chi connectivity index (χ2v) is 12.8. The number of carbonyl (C=O) groups is 5. The first-order valence-electron chi connectivity index (χ1n) is 13.2. The molecule has 0 saturated carbocycles. The lowest BCUT2D eigenvalue weighted by Crippen LogP contribution is -2.71. The number of nitrogens with zero attached hydrogens (tertiary/aromatic N) is 5. The number of phenols is 2. The van der Waals surface area contributed by atoms with Crippen molar-refractivity contribution in [2.24, 2.45) is 5.16 Å². The molecule has 0 spiro atoms. The number of nitrogens with two attached hydrogens (primary N) is 1. The molecule has 1 saturated heterocycles. The van der Waals surface area contributed by atoms with Gasteiger partial charge in [-0.2, -0.15) is 0 Å². The van der Waals surface area contributed by atoms with E-state index in [1.807, 2.05) is 0 Å². The quantitative estimate of drug-likeness (QED) is 0.0653. The van der Waals surface area contributed by atoms with Gasteiger partial charge in [-0.1, -0.05) is 16.8 Å². The van der Waals surface area contributed by atoms with E-state index in [9.17, 15) is 44.4 Å². The fourth-order valence-corrected chi connectivity index (χ4v) is 6.42. The largest absolute Gasteiger partial charge is 0.504 e. The molecule has 0 aliphatic carbocycles. The van der Waals surface area contributed by atoms with Crippen LogP contribution in [0.15, 0.2) is 33.9 Å². The third kappa shape index (κ3) is 6.42. The first-order valence-corrected chi connectivity index (χ1v) is 15.5. The summed E-state index contributed by atoms with van der Waals surface area (Å²) in [5, 5.41) is 47.7. The van der Waals surface area contributed by atoms with Gasteiger partial charge in [0.2, 0.25) is 5.60 Å². The van der Waals surface area contributed by atoms with Crippen LogP contribution in [0, 0.1) is 0 Å². The Bertz CT molecular complexity index is 1930. The maximum absolute atomic E-state index is 13.2. The first kappa shape index (κ1) is 33.2. The minimum atomic E-state index is -1.82. The molecule has 1 unspecified atom stereocenters. The van der Waals surface area contributed by atoms with Crippen LogP contribution in [-0.4, -0.2) is 105 Å². The molecule has 2 aliphatic rings. The first-order chi connectivity index (χ1) is 22.1. The van der Waals surface area contributed by atoms with Gasteiger partial charge in [0.25, 0.3) is 17.7 Å². The number of carbonyl (C=O) groups excluding carboxylic acids is 3. The minimum Gasteiger partial charge on any atom is -0.504 e. The summed E-state index contributed by atoms with van der Waals surface area (Å²) < 4.78 is 0. The van der Waals surface area contributed by atoms with Gasteiger partial charge in [-0.3, -0.25) is 19.3 Å². The molecule has 5 rings (SSSR count). The average molecular weight is 707 g/mol. The Labute approximate surface area is 276 Å². The summed E-state index contributed by atoms with van der Waals surface area (Å²) >= 11 is 8.20. The number of nitrogens with one attached hydrogen (secondary N) is 2. The molecule has 18 nitrogen and oxygen atoms in total. The fraction of sp³-hybridized carbons (Fsp3) is 0.269. The number of hydrogen-bond acceptors (Lipinski definition) is 15. The summed E-state index contributed by atoms with van der Waals surface area (Å²) in [5.74, 6) is -6.30. The third-order valence-electron chi connectivity index (χ3n) is 6.79. The van der Waals surface area contributed by atoms with Gasteiger partial charge < -0.3 is 41.6 Å². The number of anilines is 1. The molecule has 2 aliphatic heterocycles. The molecule has 0 radical (unpaired) electrons. The number of oxime groups is 1. The summed E-state index contributed by atoms with van der Waals surface area (Å²) in [6.07, 6.45) is 0.